The quantitative estimate of drug-likeness (QED) is 0.771. The predicted octanol–water partition coefficient (Wildman–Crippen LogP) is 2.37. The predicted molar refractivity (Wildman–Crippen MR) is 78.1 cm³/mol. The van der Waals surface area contributed by atoms with Crippen LogP contribution in [0.15, 0.2) is 12.1 Å². The summed E-state index contributed by atoms with van der Waals surface area (Å²) in [5, 5.41) is 6.37. The number of aryl methyl sites for hydroxylation is 3. The van der Waals surface area contributed by atoms with Crippen LogP contribution in [0, 0.1) is 20.8 Å². The summed E-state index contributed by atoms with van der Waals surface area (Å²) in [6.45, 7) is 8.01. The largest absolute Gasteiger partial charge is 0.353 e. The fourth-order valence-corrected chi connectivity index (χ4v) is 2.43. The minimum atomic E-state index is 0.173. The molecule has 0 bridgehead atoms. The van der Waals surface area contributed by atoms with E-state index in [0.29, 0.717) is 12.5 Å². The highest BCUT2D eigenvalue weighted by Crippen LogP contribution is 2.18. The summed E-state index contributed by atoms with van der Waals surface area (Å²) in [5.74, 6) is 0.173. The molecule has 1 saturated carbocycles. The Hall–Kier alpha value is -1.35. The highest BCUT2D eigenvalue weighted by atomic mass is 16.1. The molecule has 104 valence electrons. The second-order valence-corrected chi connectivity index (χ2v) is 5.65. The third-order valence-corrected chi connectivity index (χ3v) is 3.61. The van der Waals surface area contributed by atoms with E-state index in [9.17, 15) is 4.79 Å². The van der Waals surface area contributed by atoms with E-state index in [4.69, 9.17) is 0 Å². The van der Waals surface area contributed by atoms with Crippen LogP contribution in [0.4, 0.5) is 0 Å². The fourth-order valence-electron chi connectivity index (χ4n) is 2.43. The lowest BCUT2D eigenvalue weighted by molar-refractivity contribution is -0.121. The van der Waals surface area contributed by atoms with Gasteiger partial charge in [-0.2, -0.15) is 0 Å². The van der Waals surface area contributed by atoms with Crippen molar-refractivity contribution >= 4 is 5.91 Å². The second kappa shape index (κ2) is 6.20. The molecular weight excluding hydrogens is 236 g/mol. The van der Waals surface area contributed by atoms with E-state index >= 15 is 0 Å². The van der Waals surface area contributed by atoms with E-state index in [1.165, 1.54) is 22.3 Å². The molecule has 1 aromatic carbocycles. The van der Waals surface area contributed by atoms with Gasteiger partial charge in [0.05, 0.1) is 0 Å². The summed E-state index contributed by atoms with van der Waals surface area (Å²) in [6, 6.07) is 4.89. The zero-order valence-corrected chi connectivity index (χ0v) is 12.2. The lowest BCUT2D eigenvalue weighted by atomic mass is 10.00. The molecule has 0 spiro atoms. The molecule has 0 saturated heterocycles. The molecule has 0 heterocycles. The van der Waals surface area contributed by atoms with E-state index in [1.807, 2.05) is 0 Å². The van der Waals surface area contributed by atoms with Gasteiger partial charge in [0.15, 0.2) is 0 Å². The highest BCUT2D eigenvalue weighted by molar-refractivity contribution is 5.76. The molecule has 3 heteroatoms. The van der Waals surface area contributed by atoms with Gasteiger partial charge in [0, 0.05) is 25.6 Å². The lowest BCUT2D eigenvalue weighted by Crippen LogP contribution is -2.29. The zero-order valence-electron chi connectivity index (χ0n) is 12.2. The number of carbonyl (C=O) groups excluding carboxylic acids is 1. The minimum Gasteiger partial charge on any atom is -0.353 e. The first-order valence-corrected chi connectivity index (χ1v) is 7.13. The van der Waals surface area contributed by atoms with E-state index in [2.05, 4.69) is 43.5 Å². The topological polar surface area (TPSA) is 41.1 Å². The minimum absolute atomic E-state index is 0.173. The fraction of sp³-hybridized carbons (Fsp3) is 0.562. The van der Waals surface area contributed by atoms with E-state index in [-0.39, 0.29) is 5.91 Å². The van der Waals surface area contributed by atoms with Gasteiger partial charge in [0.1, 0.15) is 0 Å². The average Bonchev–Trinajstić information content (AvgIpc) is 3.10. The smallest absolute Gasteiger partial charge is 0.221 e. The number of amides is 1. The number of benzene rings is 1. The van der Waals surface area contributed by atoms with Crippen molar-refractivity contribution in [2.24, 2.45) is 0 Å². The SMILES string of the molecule is Cc1cc(C)c(CNCCC(=O)NC2CC2)c(C)c1. The molecule has 1 aromatic rings. The van der Waals surface area contributed by atoms with Gasteiger partial charge < -0.3 is 10.6 Å². The molecule has 2 N–H and O–H groups in total. The lowest BCUT2D eigenvalue weighted by Gasteiger charge is -2.12. The van der Waals surface area contributed by atoms with Crippen LogP contribution in [0.25, 0.3) is 0 Å². The molecule has 19 heavy (non-hydrogen) atoms. The van der Waals surface area contributed by atoms with Crippen molar-refractivity contribution in [3.63, 3.8) is 0 Å². The van der Waals surface area contributed by atoms with Gasteiger partial charge in [-0.15, -0.1) is 0 Å². The maximum atomic E-state index is 11.5. The molecule has 0 atom stereocenters. The number of carbonyl (C=O) groups is 1. The van der Waals surface area contributed by atoms with Crippen molar-refractivity contribution in [2.45, 2.75) is 52.6 Å². The van der Waals surface area contributed by atoms with Gasteiger partial charge in [0.25, 0.3) is 0 Å². The van der Waals surface area contributed by atoms with Gasteiger partial charge in [-0.3, -0.25) is 4.79 Å². The van der Waals surface area contributed by atoms with Gasteiger partial charge in [0.2, 0.25) is 5.91 Å². The molecular formula is C16H24N2O. The van der Waals surface area contributed by atoms with Crippen LogP contribution in [0.5, 0.6) is 0 Å². The Balaban J connectivity index is 1.74. The summed E-state index contributed by atoms with van der Waals surface area (Å²) in [6.07, 6.45) is 2.88. The molecule has 3 nitrogen and oxygen atoms in total. The average molecular weight is 260 g/mol. The summed E-state index contributed by atoms with van der Waals surface area (Å²) in [5.41, 5.74) is 5.32. The third kappa shape index (κ3) is 4.35. The van der Waals surface area contributed by atoms with E-state index < -0.39 is 0 Å². The van der Waals surface area contributed by atoms with Crippen LogP contribution in [0.3, 0.4) is 0 Å². The van der Waals surface area contributed by atoms with E-state index in [0.717, 1.165) is 25.9 Å². The summed E-state index contributed by atoms with van der Waals surface area (Å²) in [4.78, 5) is 11.5. The molecule has 2 rings (SSSR count). The second-order valence-electron chi connectivity index (χ2n) is 5.65. The molecule has 1 amide bonds. The number of hydrogen-bond acceptors (Lipinski definition) is 2. The first-order chi connectivity index (χ1) is 9.06. The van der Waals surface area contributed by atoms with Crippen LogP contribution >= 0.6 is 0 Å². The Labute approximate surface area is 115 Å². The standard InChI is InChI=1S/C16H24N2O/c1-11-8-12(2)15(13(3)9-11)10-17-7-6-16(19)18-14-4-5-14/h8-9,14,17H,4-7,10H2,1-3H3,(H,18,19). The van der Waals surface area contributed by atoms with Gasteiger partial charge in [-0.05, 0) is 50.3 Å². The summed E-state index contributed by atoms with van der Waals surface area (Å²) >= 11 is 0. The number of rotatable bonds is 6. The Bertz CT molecular complexity index is 441. The van der Waals surface area contributed by atoms with Crippen molar-refractivity contribution in [1.82, 2.24) is 10.6 Å². The van der Waals surface area contributed by atoms with Gasteiger partial charge in [-0.25, -0.2) is 0 Å². The van der Waals surface area contributed by atoms with Crippen molar-refractivity contribution in [3.8, 4) is 0 Å². The molecule has 0 radical (unpaired) electrons. The zero-order chi connectivity index (χ0) is 13.8. The summed E-state index contributed by atoms with van der Waals surface area (Å²) < 4.78 is 0. The maximum Gasteiger partial charge on any atom is 0.221 e. The Kier molecular flexibility index (Phi) is 4.59. The molecule has 0 unspecified atom stereocenters. The molecule has 0 aromatic heterocycles. The molecule has 1 fully saturated rings. The van der Waals surface area contributed by atoms with Crippen LogP contribution in [0.2, 0.25) is 0 Å². The van der Waals surface area contributed by atoms with Crippen molar-refractivity contribution in [2.75, 3.05) is 6.54 Å². The van der Waals surface area contributed by atoms with Gasteiger partial charge >= 0.3 is 0 Å². The van der Waals surface area contributed by atoms with Crippen molar-refractivity contribution in [1.29, 1.82) is 0 Å². The molecule has 0 aliphatic heterocycles. The number of nitrogens with one attached hydrogen (secondary N) is 2. The van der Waals surface area contributed by atoms with Crippen molar-refractivity contribution < 1.29 is 4.79 Å². The first-order valence-electron chi connectivity index (χ1n) is 7.13. The highest BCUT2D eigenvalue weighted by Gasteiger charge is 2.22. The maximum absolute atomic E-state index is 11.5. The normalized spacial score (nSPS) is 14.5. The first kappa shape index (κ1) is 14.1. The Morgan fingerprint density at radius 2 is 1.84 bits per heavy atom. The van der Waals surface area contributed by atoms with Crippen LogP contribution in [0.1, 0.15) is 41.5 Å². The molecule has 1 aliphatic rings. The van der Waals surface area contributed by atoms with E-state index in [1.54, 1.807) is 0 Å². The number of hydrogen-bond donors (Lipinski definition) is 2. The Morgan fingerprint density at radius 1 is 1.21 bits per heavy atom. The Morgan fingerprint density at radius 3 is 2.42 bits per heavy atom. The van der Waals surface area contributed by atoms with Crippen LogP contribution in [-0.4, -0.2) is 18.5 Å². The molecule has 1 aliphatic carbocycles. The van der Waals surface area contributed by atoms with Crippen LogP contribution in [-0.2, 0) is 11.3 Å². The monoisotopic (exact) mass is 260 g/mol. The summed E-state index contributed by atoms with van der Waals surface area (Å²) in [7, 11) is 0. The van der Waals surface area contributed by atoms with Crippen molar-refractivity contribution in [3.05, 3.63) is 34.4 Å². The third-order valence-electron chi connectivity index (χ3n) is 3.61. The van der Waals surface area contributed by atoms with Gasteiger partial charge in [-0.1, -0.05) is 17.7 Å². The van der Waals surface area contributed by atoms with Crippen LogP contribution < -0.4 is 10.6 Å².